The van der Waals surface area contributed by atoms with Crippen LogP contribution in [0.15, 0.2) is 16.8 Å². The van der Waals surface area contributed by atoms with Gasteiger partial charge >= 0.3 is 0 Å². The maximum absolute atomic E-state index is 3.75. The second-order valence-electron chi connectivity index (χ2n) is 7.15. The molecular weight excluding hydrogens is 238 g/mol. The Labute approximate surface area is 114 Å². The Morgan fingerprint density at radius 3 is 2.33 bits per heavy atom. The molecule has 0 radical (unpaired) electrons. The van der Waals surface area contributed by atoms with Crippen LogP contribution in [-0.4, -0.2) is 6.54 Å². The molecule has 0 amide bonds. The molecular formula is C16H23NS. The molecule has 4 bridgehead atoms. The lowest BCUT2D eigenvalue weighted by Gasteiger charge is -2.57. The molecule has 98 valence electrons. The zero-order valence-electron chi connectivity index (χ0n) is 11.0. The lowest BCUT2D eigenvalue weighted by molar-refractivity contribution is -0.0514. The molecule has 4 aliphatic rings. The van der Waals surface area contributed by atoms with Gasteiger partial charge in [0.2, 0.25) is 0 Å². The molecule has 4 aliphatic carbocycles. The quantitative estimate of drug-likeness (QED) is 0.862. The molecule has 18 heavy (non-hydrogen) atoms. The summed E-state index contributed by atoms with van der Waals surface area (Å²) >= 11 is 1.81. The molecule has 4 saturated carbocycles. The highest BCUT2D eigenvalue weighted by Crippen LogP contribution is 2.59. The van der Waals surface area contributed by atoms with Crippen molar-refractivity contribution in [2.45, 2.75) is 45.1 Å². The number of thiophene rings is 1. The van der Waals surface area contributed by atoms with Crippen LogP contribution in [0.5, 0.6) is 0 Å². The van der Waals surface area contributed by atoms with E-state index in [2.05, 4.69) is 22.1 Å². The first-order chi connectivity index (χ1) is 8.81. The molecule has 1 heterocycles. The molecule has 0 spiro atoms. The largest absolute Gasteiger partial charge is 0.312 e. The minimum absolute atomic E-state index is 0.685. The van der Waals surface area contributed by atoms with Crippen molar-refractivity contribution >= 4 is 11.3 Å². The fourth-order valence-electron chi connectivity index (χ4n) is 5.37. The van der Waals surface area contributed by atoms with Gasteiger partial charge in [-0.15, -0.1) is 0 Å². The zero-order valence-corrected chi connectivity index (χ0v) is 11.8. The summed E-state index contributed by atoms with van der Waals surface area (Å²) in [6.45, 7) is 2.34. The van der Waals surface area contributed by atoms with E-state index in [0.717, 1.165) is 24.3 Å². The van der Waals surface area contributed by atoms with Gasteiger partial charge in [-0.05, 0) is 84.1 Å². The molecule has 0 aromatic carbocycles. The molecule has 1 nitrogen and oxygen atoms in total. The van der Waals surface area contributed by atoms with Crippen molar-refractivity contribution in [3.05, 3.63) is 22.4 Å². The maximum Gasteiger partial charge on any atom is 0.0213 e. The predicted molar refractivity (Wildman–Crippen MR) is 76.6 cm³/mol. The number of rotatable bonds is 4. The highest BCUT2D eigenvalue weighted by molar-refractivity contribution is 7.07. The fraction of sp³-hybridized carbons (Fsp3) is 0.750. The lowest BCUT2D eigenvalue weighted by atomic mass is 9.49. The van der Waals surface area contributed by atoms with E-state index < -0.39 is 0 Å². The van der Waals surface area contributed by atoms with Gasteiger partial charge in [-0.3, -0.25) is 0 Å². The van der Waals surface area contributed by atoms with E-state index >= 15 is 0 Å². The zero-order chi connectivity index (χ0) is 12.0. The van der Waals surface area contributed by atoms with E-state index in [9.17, 15) is 0 Å². The SMILES string of the molecule is c1cc(CNCC23CC4CC(CC(C4)C2)C3)cs1. The summed E-state index contributed by atoms with van der Waals surface area (Å²) in [5.41, 5.74) is 2.15. The van der Waals surface area contributed by atoms with Crippen molar-refractivity contribution in [2.24, 2.45) is 23.2 Å². The van der Waals surface area contributed by atoms with Gasteiger partial charge in [0.15, 0.2) is 0 Å². The summed E-state index contributed by atoms with van der Waals surface area (Å²) in [7, 11) is 0. The van der Waals surface area contributed by atoms with Gasteiger partial charge in [0.05, 0.1) is 0 Å². The minimum Gasteiger partial charge on any atom is -0.312 e. The Balaban J connectivity index is 1.39. The Morgan fingerprint density at radius 2 is 1.78 bits per heavy atom. The summed E-state index contributed by atoms with van der Waals surface area (Å²) in [5, 5.41) is 8.20. The molecule has 0 saturated heterocycles. The van der Waals surface area contributed by atoms with Crippen molar-refractivity contribution < 1.29 is 0 Å². The van der Waals surface area contributed by atoms with Gasteiger partial charge < -0.3 is 5.32 Å². The molecule has 1 N–H and O–H groups in total. The third-order valence-electron chi connectivity index (χ3n) is 5.57. The van der Waals surface area contributed by atoms with E-state index in [0.29, 0.717) is 5.41 Å². The van der Waals surface area contributed by atoms with Gasteiger partial charge in [-0.2, -0.15) is 11.3 Å². The van der Waals surface area contributed by atoms with Crippen LogP contribution in [-0.2, 0) is 6.54 Å². The van der Waals surface area contributed by atoms with Crippen LogP contribution in [0, 0.1) is 23.2 Å². The Kier molecular flexibility index (Phi) is 2.77. The van der Waals surface area contributed by atoms with Crippen molar-refractivity contribution in [3.8, 4) is 0 Å². The summed E-state index contributed by atoms with van der Waals surface area (Å²) in [5.74, 6) is 3.25. The summed E-state index contributed by atoms with van der Waals surface area (Å²) < 4.78 is 0. The highest BCUT2D eigenvalue weighted by atomic mass is 32.1. The van der Waals surface area contributed by atoms with Gasteiger partial charge in [0, 0.05) is 13.1 Å². The number of hydrogen-bond donors (Lipinski definition) is 1. The highest BCUT2D eigenvalue weighted by Gasteiger charge is 2.50. The molecule has 0 aliphatic heterocycles. The molecule has 4 fully saturated rings. The van der Waals surface area contributed by atoms with Gasteiger partial charge in [0.25, 0.3) is 0 Å². The standard InChI is InChI=1S/C16H23NS/c1-2-18-10-12(1)9-17-11-16-6-13-3-14(7-16)5-15(4-13)8-16/h1-2,10,13-15,17H,3-9,11H2. The monoisotopic (exact) mass is 261 g/mol. The third-order valence-corrected chi connectivity index (χ3v) is 6.31. The van der Waals surface area contributed by atoms with E-state index in [1.807, 2.05) is 11.3 Å². The van der Waals surface area contributed by atoms with Crippen LogP contribution in [0.1, 0.15) is 44.1 Å². The van der Waals surface area contributed by atoms with E-state index in [1.54, 1.807) is 19.3 Å². The van der Waals surface area contributed by atoms with Crippen LogP contribution < -0.4 is 5.32 Å². The van der Waals surface area contributed by atoms with Gasteiger partial charge in [-0.1, -0.05) is 0 Å². The van der Waals surface area contributed by atoms with Crippen LogP contribution in [0.25, 0.3) is 0 Å². The minimum atomic E-state index is 0.685. The smallest absolute Gasteiger partial charge is 0.0213 e. The van der Waals surface area contributed by atoms with Crippen molar-refractivity contribution in [2.75, 3.05) is 6.54 Å². The number of nitrogens with one attached hydrogen (secondary N) is 1. The first-order valence-corrected chi connectivity index (χ1v) is 8.47. The first-order valence-electron chi connectivity index (χ1n) is 7.53. The Morgan fingerprint density at radius 1 is 1.11 bits per heavy atom. The second kappa shape index (κ2) is 4.35. The molecule has 1 aromatic heterocycles. The maximum atomic E-state index is 3.75. The normalized spacial score (nSPS) is 41.4. The average Bonchev–Trinajstić information content (AvgIpc) is 2.79. The van der Waals surface area contributed by atoms with E-state index in [4.69, 9.17) is 0 Å². The van der Waals surface area contributed by atoms with E-state index in [-0.39, 0.29) is 0 Å². The number of hydrogen-bond acceptors (Lipinski definition) is 2. The first kappa shape index (κ1) is 11.5. The lowest BCUT2D eigenvalue weighted by Crippen LogP contribution is -2.50. The topological polar surface area (TPSA) is 12.0 Å². The summed E-state index contributed by atoms with van der Waals surface area (Å²) in [6.07, 6.45) is 9.25. The Hall–Kier alpha value is -0.340. The molecule has 1 aromatic rings. The van der Waals surface area contributed by atoms with Gasteiger partial charge in [0.1, 0.15) is 0 Å². The predicted octanol–water partition coefficient (Wildman–Crippen LogP) is 4.05. The summed E-state index contributed by atoms with van der Waals surface area (Å²) in [4.78, 5) is 0. The van der Waals surface area contributed by atoms with E-state index in [1.165, 1.54) is 31.4 Å². The fourth-order valence-corrected chi connectivity index (χ4v) is 6.04. The van der Waals surface area contributed by atoms with Crippen LogP contribution in [0.3, 0.4) is 0 Å². The van der Waals surface area contributed by atoms with Crippen LogP contribution >= 0.6 is 11.3 Å². The molecule has 2 heteroatoms. The third kappa shape index (κ3) is 2.04. The second-order valence-corrected chi connectivity index (χ2v) is 7.93. The molecule has 0 atom stereocenters. The summed E-state index contributed by atoms with van der Waals surface area (Å²) in [6, 6.07) is 2.25. The average molecular weight is 261 g/mol. The van der Waals surface area contributed by atoms with Crippen LogP contribution in [0.2, 0.25) is 0 Å². The van der Waals surface area contributed by atoms with Crippen molar-refractivity contribution in [1.29, 1.82) is 0 Å². The Bertz CT molecular complexity index is 373. The molecule has 0 unspecified atom stereocenters. The van der Waals surface area contributed by atoms with Crippen LogP contribution in [0.4, 0.5) is 0 Å². The van der Waals surface area contributed by atoms with Crippen molar-refractivity contribution in [3.63, 3.8) is 0 Å². The van der Waals surface area contributed by atoms with Gasteiger partial charge in [-0.25, -0.2) is 0 Å². The molecule has 5 rings (SSSR count). The van der Waals surface area contributed by atoms with Crippen molar-refractivity contribution in [1.82, 2.24) is 5.32 Å².